The number of ether oxygens (including phenoxy) is 3. The first kappa shape index (κ1) is 17.5. The van der Waals surface area contributed by atoms with Crippen molar-refractivity contribution in [2.45, 2.75) is 6.42 Å². The third-order valence-electron chi connectivity index (χ3n) is 3.86. The molecule has 26 heavy (non-hydrogen) atoms. The summed E-state index contributed by atoms with van der Waals surface area (Å²) in [6.45, 7) is 0.583. The molecule has 0 saturated carbocycles. The smallest absolute Gasteiger partial charge is 0.343 e. The summed E-state index contributed by atoms with van der Waals surface area (Å²) < 4.78 is 16.1. The Morgan fingerprint density at radius 3 is 2.04 bits per heavy atom. The fourth-order valence-corrected chi connectivity index (χ4v) is 2.43. The Balaban J connectivity index is 1.52. The number of benzene rings is 3. The van der Waals surface area contributed by atoms with Crippen LogP contribution in [-0.2, 0) is 6.42 Å². The maximum Gasteiger partial charge on any atom is 0.343 e. The highest BCUT2D eigenvalue weighted by molar-refractivity contribution is 5.91. The van der Waals surface area contributed by atoms with Crippen LogP contribution in [-0.4, -0.2) is 19.7 Å². The average molecular weight is 348 g/mol. The molecule has 0 fully saturated rings. The Labute approximate surface area is 153 Å². The molecule has 0 aliphatic carbocycles. The summed E-state index contributed by atoms with van der Waals surface area (Å²) in [5.41, 5.74) is 1.70. The van der Waals surface area contributed by atoms with E-state index in [9.17, 15) is 4.79 Å². The summed E-state index contributed by atoms with van der Waals surface area (Å²) in [4.78, 5) is 12.2. The Hall–Kier alpha value is -3.27. The summed E-state index contributed by atoms with van der Waals surface area (Å²) in [5, 5.41) is 0. The van der Waals surface area contributed by atoms with Crippen molar-refractivity contribution in [3.05, 3.63) is 90.0 Å². The normalized spacial score (nSPS) is 10.2. The largest absolute Gasteiger partial charge is 0.497 e. The molecule has 0 heterocycles. The van der Waals surface area contributed by atoms with Gasteiger partial charge >= 0.3 is 5.97 Å². The van der Waals surface area contributed by atoms with Crippen molar-refractivity contribution in [2.24, 2.45) is 0 Å². The van der Waals surface area contributed by atoms with Gasteiger partial charge in [-0.2, -0.15) is 0 Å². The second-order valence-corrected chi connectivity index (χ2v) is 5.67. The number of carbonyl (C=O) groups excluding carboxylic acids is 1. The zero-order chi connectivity index (χ0) is 18.2. The molecule has 0 N–H and O–H groups in total. The van der Waals surface area contributed by atoms with E-state index in [1.54, 1.807) is 55.6 Å². The Bertz CT molecular complexity index is 824. The van der Waals surface area contributed by atoms with E-state index in [1.165, 1.54) is 5.56 Å². The first-order chi connectivity index (χ1) is 12.7. The molecule has 132 valence electrons. The molecule has 0 radical (unpaired) electrons. The van der Waals surface area contributed by atoms with Gasteiger partial charge in [0.15, 0.2) is 0 Å². The van der Waals surface area contributed by atoms with Crippen LogP contribution in [0.2, 0.25) is 0 Å². The second kappa shape index (κ2) is 8.72. The maximum atomic E-state index is 12.2. The molecular weight excluding hydrogens is 328 g/mol. The van der Waals surface area contributed by atoms with Gasteiger partial charge in [0, 0.05) is 6.42 Å². The fraction of sp³-hybridized carbons (Fsp3) is 0.136. The van der Waals surface area contributed by atoms with Gasteiger partial charge in [-0.3, -0.25) is 0 Å². The van der Waals surface area contributed by atoms with Crippen molar-refractivity contribution in [2.75, 3.05) is 13.7 Å². The van der Waals surface area contributed by atoms with Crippen LogP contribution in [0, 0.1) is 0 Å². The molecule has 0 aromatic heterocycles. The zero-order valence-electron chi connectivity index (χ0n) is 14.6. The van der Waals surface area contributed by atoms with Crippen LogP contribution < -0.4 is 14.2 Å². The standard InChI is InChI=1S/C22H20O4/c1-24-19-11-13-21(14-12-19)26-22(23)18-7-9-20(10-8-18)25-16-15-17-5-3-2-4-6-17/h2-14H,15-16H2,1H3. The minimum Gasteiger partial charge on any atom is -0.497 e. The topological polar surface area (TPSA) is 44.8 Å². The highest BCUT2D eigenvalue weighted by Gasteiger charge is 2.09. The van der Waals surface area contributed by atoms with Crippen molar-refractivity contribution < 1.29 is 19.0 Å². The van der Waals surface area contributed by atoms with Gasteiger partial charge in [-0.25, -0.2) is 4.79 Å². The van der Waals surface area contributed by atoms with Gasteiger partial charge < -0.3 is 14.2 Å². The lowest BCUT2D eigenvalue weighted by Gasteiger charge is -2.08. The highest BCUT2D eigenvalue weighted by Crippen LogP contribution is 2.19. The second-order valence-electron chi connectivity index (χ2n) is 5.67. The molecule has 3 rings (SSSR count). The number of methoxy groups -OCH3 is 1. The lowest BCUT2D eigenvalue weighted by Crippen LogP contribution is -2.08. The molecule has 0 spiro atoms. The molecule has 0 aliphatic rings. The number of rotatable bonds is 7. The lowest BCUT2D eigenvalue weighted by atomic mass is 10.2. The van der Waals surface area contributed by atoms with Gasteiger partial charge in [0.25, 0.3) is 0 Å². The Kier molecular flexibility index (Phi) is 5.88. The molecule has 0 saturated heterocycles. The van der Waals surface area contributed by atoms with Crippen molar-refractivity contribution in [1.82, 2.24) is 0 Å². The van der Waals surface area contributed by atoms with Gasteiger partial charge in [-0.05, 0) is 54.1 Å². The van der Waals surface area contributed by atoms with Crippen molar-refractivity contribution in [3.8, 4) is 17.2 Å². The Morgan fingerprint density at radius 2 is 1.38 bits per heavy atom. The molecular formula is C22H20O4. The third kappa shape index (κ3) is 4.86. The summed E-state index contributed by atoms with van der Waals surface area (Å²) in [6.07, 6.45) is 0.835. The minimum atomic E-state index is -0.411. The molecule has 3 aromatic rings. The van der Waals surface area contributed by atoms with Gasteiger partial charge in [-0.1, -0.05) is 30.3 Å². The summed E-state index contributed by atoms with van der Waals surface area (Å²) >= 11 is 0. The van der Waals surface area contributed by atoms with Crippen LogP contribution in [0.25, 0.3) is 0 Å². The first-order valence-electron chi connectivity index (χ1n) is 8.37. The maximum absolute atomic E-state index is 12.2. The average Bonchev–Trinajstić information content (AvgIpc) is 2.70. The zero-order valence-corrected chi connectivity index (χ0v) is 14.6. The molecule has 4 heteroatoms. The lowest BCUT2D eigenvalue weighted by molar-refractivity contribution is 0.0734. The first-order valence-corrected chi connectivity index (χ1v) is 8.37. The van der Waals surface area contributed by atoms with Crippen molar-refractivity contribution in [3.63, 3.8) is 0 Å². The van der Waals surface area contributed by atoms with Crippen LogP contribution in [0.4, 0.5) is 0 Å². The molecule has 0 bridgehead atoms. The summed E-state index contributed by atoms with van der Waals surface area (Å²) in [6, 6.07) is 24.0. The minimum absolute atomic E-state index is 0.411. The number of hydrogen-bond acceptors (Lipinski definition) is 4. The van der Waals surface area contributed by atoms with Crippen LogP contribution in [0.15, 0.2) is 78.9 Å². The SMILES string of the molecule is COc1ccc(OC(=O)c2ccc(OCCc3ccccc3)cc2)cc1. The fourth-order valence-electron chi connectivity index (χ4n) is 2.43. The van der Waals surface area contributed by atoms with E-state index in [0.717, 1.165) is 12.2 Å². The van der Waals surface area contributed by atoms with Gasteiger partial charge in [-0.15, -0.1) is 0 Å². The molecule has 0 atom stereocenters. The number of carbonyl (C=O) groups is 1. The van der Waals surface area contributed by atoms with Crippen LogP contribution >= 0.6 is 0 Å². The monoisotopic (exact) mass is 348 g/mol. The van der Waals surface area contributed by atoms with E-state index < -0.39 is 5.97 Å². The summed E-state index contributed by atoms with van der Waals surface area (Å²) in [7, 11) is 1.59. The van der Waals surface area contributed by atoms with Crippen LogP contribution in [0.1, 0.15) is 15.9 Å². The Morgan fingerprint density at radius 1 is 0.769 bits per heavy atom. The summed E-state index contributed by atoms with van der Waals surface area (Å²) in [5.74, 6) is 1.49. The predicted molar refractivity (Wildman–Crippen MR) is 100 cm³/mol. The highest BCUT2D eigenvalue weighted by atomic mass is 16.5. The predicted octanol–water partition coefficient (Wildman–Crippen LogP) is 4.54. The van der Waals surface area contributed by atoms with E-state index in [0.29, 0.717) is 23.7 Å². The molecule has 0 amide bonds. The van der Waals surface area contributed by atoms with E-state index in [4.69, 9.17) is 14.2 Å². The van der Waals surface area contributed by atoms with E-state index in [-0.39, 0.29) is 0 Å². The third-order valence-corrected chi connectivity index (χ3v) is 3.86. The molecule has 4 nitrogen and oxygen atoms in total. The quantitative estimate of drug-likeness (QED) is 0.465. The van der Waals surface area contributed by atoms with E-state index >= 15 is 0 Å². The van der Waals surface area contributed by atoms with Crippen molar-refractivity contribution in [1.29, 1.82) is 0 Å². The molecule has 0 aliphatic heterocycles. The molecule has 0 unspecified atom stereocenters. The number of hydrogen-bond donors (Lipinski definition) is 0. The molecule has 3 aromatic carbocycles. The van der Waals surface area contributed by atoms with Gasteiger partial charge in [0.1, 0.15) is 17.2 Å². The van der Waals surface area contributed by atoms with Crippen molar-refractivity contribution >= 4 is 5.97 Å². The van der Waals surface area contributed by atoms with Gasteiger partial charge in [0.05, 0.1) is 19.3 Å². The van der Waals surface area contributed by atoms with Crippen LogP contribution in [0.3, 0.4) is 0 Å². The van der Waals surface area contributed by atoms with E-state index in [2.05, 4.69) is 12.1 Å². The van der Waals surface area contributed by atoms with Gasteiger partial charge in [0.2, 0.25) is 0 Å². The van der Waals surface area contributed by atoms with Crippen LogP contribution in [0.5, 0.6) is 17.2 Å². The number of esters is 1. The van der Waals surface area contributed by atoms with E-state index in [1.807, 2.05) is 18.2 Å².